The Balaban J connectivity index is 1.89. The Labute approximate surface area is 154 Å². The van der Waals surface area contributed by atoms with Gasteiger partial charge in [0.05, 0.1) is 6.21 Å². The Morgan fingerprint density at radius 1 is 1.12 bits per heavy atom. The van der Waals surface area contributed by atoms with Crippen LogP contribution in [-0.4, -0.2) is 25.1 Å². The van der Waals surface area contributed by atoms with Crippen molar-refractivity contribution in [3.05, 3.63) is 63.6 Å². The van der Waals surface area contributed by atoms with Gasteiger partial charge >= 0.3 is 11.8 Å². The number of amides is 2. The molecule has 2 N–H and O–H groups in total. The molecule has 0 aliphatic rings. The molecule has 6 nitrogen and oxygen atoms in total. The number of rotatable bonds is 5. The number of halogens is 2. The van der Waals surface area contributed by atoms with Crippen LogP contribution in [0.5, 0.6) is 5.75 Å². The summed E-state index contributed by atoms with van der Waals surface area (Å²) in [5, 5.41) is 7.01. The van der Waals surface area contributed by atoms with Crippen LogP contribution in [0.3, 0.4) is 0 Å². The molecule has 0 radical (unpaired) electrons. The van der Waals surface area contributed by atoms with E-state index in [0.29, 0.717) is 22.4 Å². The third-order valence-corrected chi connectivity index (χ3v) is 3.69. The van der Waals surface area contributed by atoms with E-state index in [4.69, 9.17) is 27.9 Å². The van der Waals surface area contributed by atoms with Crippen molar-refractivity contribution in [2.45, 2.75) is 6.61 Å². The summed E-state index contributed by atoms with van der Waals surface area (Å²) < 4.78 is 5.66. The van der Waals surface area contributed by atoms with Gasteiger partial charge < -0.3 is 10.1 Å². The van der Waals surface area contributed by atoms with Crippen molar-refractivity contribution in [2.24, 2.45) is 5.10 Å². The van der Waals surface area contributed by atoms with E-state index in [9.17, 15) is 9.59 Å². The lowest BCUT2D eigenvalue weighted by Crippen LogP contribution is -2.35. The zero-order valence-corrected chi connectivity index (χ0v) is 14.8. The van der Waals surface area contributed by atoms with Gasteiger partial charge in [0, 0.05) is 22.7 Å². The number of hydrogen-bond acceptors (Lipinski definition) is 4. The van der Waals surface area contributed by atoms with Gasteiger partial charge in [0.1, 0.15) is 12.4 Å². The van der Waals surface area contributed by atoms with E-state index in [1.807, 2.05) is 0 Å². The molecule has 2 aromatic carbocycles. The van der Waals surface area contributed by atoms with Crippen molar-refractivity contribution < 1.29 is 14.3 Å². The summed E-state index contributed by atoms with van der Waals surface area (Å²) in [5.74, 6) is -0.946. The molecule has 0 bridgehead atoms. The molecule has 0 heterocycles. The van der Waals surface area contributed by atoms with Gasteiger partial charge in [-0.3, -0.25) is 9.59 Å². The first kappa shape index (κ1) is 18.8. The summed E-state index contributed by atoms with van der Waals surface area (Å²) in [4.78, 5) is 22.2. The number of nitrogens with zero attached hydrogens (tertiary/aromatic N) is 1. The quantitative estimate of drug-likeness (QED) is 0.476. The highest BCUT2D eigenvalue weighted by Gasteiger charge is 2.08. The Morgan fingerprint density at radius 2 is 1.84 bits per heavy atom. The van der Waals surface area contributed by atoms with Gasteiger partial charge in [-0.15, -0.1) is 0 Å². The number of hydrazone groups is 1. The summed E-state index contributed by atoms with van der Waals surface area (Å²) in [5.41, 5.74) is 3.67. The van der Waals surface area contributed by atoms with E-state index < -0.39 is 11.8 Å². The summed E-state index contributed by atoms with van der Waals surface area (Å²) in [7, 11) is 1.36. The fourth-order valence-electron chi connectivity index (χ4n) is 1.78. The standard InChI is InChI=1S/C17H15Cl2N3O3/c1-20-16(23)17(24)22-21-9-11-2-6-14(7-3-11)25-10-12-4-5-13(18)8-15(12)19/h2-9H,10H2,1H3,(H,20,23)(H,22,24)/b21-9+. The zero-order valence-electron chi connectivity index (χ0n) is 13.3. The number of likely N-dealkylation sites (N-methyl/N-ethyl adjacent to an activating group) is 1. The molecule has 0 saturated heterocycles. The van der Waals surface area contributed by atoms with Gasteiger partial charge in [0.25, 0.3) is 0 Å². The zero-order chi connectivity index (χ0) is 18.2. The number of benzene rings is 2. The molecule has 0 saturated carbocycles. The first-order valence-electron chi connectivity index (χ1n) is 7.21. The average molecular weight is 380 g/mol. The number of ether oxygens (including phenoxy) is 1. The molecule has 8 heteroatoms. The Kier molecular flexibility index (Phi) is 6.80. The maximum absolute atomic E-state index is 11.2. The van der Waals surface area contributed by atoms with Crippen LogP contribution in [0.25, 0.3) is 0 Å². The van der Waals surface area contributed by atoms with E-state index in [-0.39, 0.29) is 0 Å². The summed E-state index contributed by atoms with van der Waals surface area (Å²) >= 11 is 11.9. The van der Waals surface area contributed by atoms with Crippen LogP contribution in [-0.2, 0) is 16.2 Å². The predicted octanol–water partition coefficient (Wildman–Crippen LogP) is 2.77. The van der Waals surface area contributed by atoms with Gasteiger partial charge in [0.2, 0.25) is 0 Å². The second-order valence-corrected chi connectivity index (χ2v) is 5.72. The second kappa shape index (κ2) is 9.05. The van der Waals surface area contributed by atoms with E-state index in [2.05, 4.69) is 15.8 Å². The van der Waals surface area contributed by atoms with Gasteiger partial charge in [0.15, 0.2) is 0 Å². The van der Waals surface area contributed by atoms with Crippen LogP contribution in [0.1, 0.15) is 11.1 Å². The molecule has 2 rings (SSSR count). The van der Waals surface area contributed by atoms with E-state index in [0.717, 1.165) is 11.1 Å². The van der Waals surface area contributed by atoms with Crippen LogP contribution in [0.2, 0.25) is 10.0 Å². The van der Waals surface area contributed by atoms with Crippen molar-refractivity contribution in [1.82, 2.24) is 10.7 Å². The largest absolute Gasteiger partial charge is 0.489 e. The van der Waals surface area contributed by atoms with Gasteiger partial charge in [-0.1, -0.05) is 29.3 Å². The first-order chi connectivity index (χ1) is 12.0. The number of carbonyl (C=O) groups is 2. The highest BCUT2D eigenvalue weighted by Crippen LogP contribution is 2.22. The number of hydrogen-bond donors (Lipinski definition) is 2. The molecule has 2 amide bonds. The molecular weight excluding hydrogens is 365 g/mol. The minimum atomic E-state index is -0.835. The van der Waals surface area contributed by atoms with Gasteiger partial charge in [-0.25, -0.2) is 5.43 Å². The molecule has 25 heavy (non-hydrogen) atoms. The second-order valence-electron chi connectivity index (χ2n) is 4.87. The molecule has 2 aromatic rings. The van der Waals surface area contributed by atoms with Gasteiger partial charge in [-0.05, 0) is 42.0 Å². The minimum Gasteiger partial charge on any atom is -0.489 e. The van der Waals surface area contributed by atoms with Crippen molar-refractivity contribution in [3.63, 3.8) is 0 Å². The lowest BCUT2D eigenvalue weighted by molar-refractivity contribution is -0.138. The molecule has 0 aliphatic carbocycles. The third-order valence-electron chi connectivity index (χ3n) is 3.10. The van der Waals surface area contributed by atoms with Crippen LogP contribution < -0.4 is 15.5 Å². The van der Waals surface area contributed by atoms with Crippen molar-refractivity contribution in [2.75, 3.05) is 7.05 Å². The first-order valence-corrected chi connectivity index (χ1v) is 7.97. The number of carbonyl (C=O) groups excluding carboxylic acids is 2. The fraction of sp³-hybridized carbons (Fsp3) is 0.118. The summed E-state index contributed by atoms with van der Waals surface area (Å²) in [6.45, 7) is 0.311. The number of nitrogens with one attached hydrogen (secondary N) is 2. The predicted molar refractivity (Wildman–Crippen MR) is 97.0 cm³/mol. The van der Waals surface area contributed by atoms with Crippen molar-refractivity contribution >= 4 is 41.2 Å². The minimum absolute atomic E-state index is 0.311. The topological polar surface area (TPSA) is 79.8 Å². The maximum atomic E-state index is 11.2. The monoisotopic (exact) mass is 379 g/mol. The van der Waals surface area contributed by atoms with Crippen LogP contribution in [0.4, 0.5) is 0 Å². The van der Waals surface area contributed by atoms with E-state index in [1.165, 1.54) is 13.3 Å². The summed E-state index contributed by atoms with van der Waals surface area (Å²) in [6, 6.07) is 12.2. The summed E-state index contributed by atoms with van der Waals surface area (Å²) in [6.07, 6.45) is 1.42. The SMILES string of the molecule is CNC(=O)C(=O)N/N=C/c1ccc(OCc2ccc(Cl)cc2Cl)cc1. The Hall–Kier alpha value is -2.57. The molecule has 0 spiro atoms. The van der Waals surface area contributed by atoms with Crippen molar-refractivity contribution in [3.8, 4) is 5.75 Å². The molecule has 0 aliphatic heterocycles. The molecular formula is C17H15Cl2N3O3. The fourth-order valence-corrected chi connectivity index (χ4v) is 2.24. The molecule has 130 valence electrons. The van der Waals surface area contributed by atoms with E-state index >= 15 is 0 Å². The Bertz CT molecular complexity index is 792. The van der Waals surface area contributed by atoms with Crippen LogP contribution in [0.15, 0.2) is 47.6 Å². The maximum Gasteiger partial charge on any atom is 0.329 e. The van der Waals surface area contributed by atoms with Crippen molar-refractivity contribution in [1.29, 1.82) is 0 Å². The lowest BCUT2D eigenvalue weighted by Gasteiger charge is -2.08. The van der Waals surface area contributed by atoms with Gasteiger partial charge in [-0.2, -0.15) is 5.10 Å². The Morgan fingerprint density at radius 3 is 2.48 bits per heavy atom. The highest BCUT2D eigenvalue weighted by molar-refractivity contribution is 6.35. The van der Waals surface area contributed by atoms with E-state index in [1.54, 1.807) is 42.5 Å². The third kappa shape index (κ3) is 5.77. The lowest BCUT2D eigenvalue weighted by atomic mass is 10.2. The molecule has 0 unspecified atom stereocenters. The van der Waals surface area contributed by atoms with Crippen LogP contribution in [0, 0.1) is 0 Å². The average Bonchev–Trinajstić information content (AvgIpc) is 2.61. The van der Waals surface area contributed by atoms with Crippen LogP contribution >= 0.6 is 23.2 Å². The molecule has 0 atom stereocenters. The smallest absolute Gasteiger partial charge is 0.329 e. The highest BCUT2D eigenvalue weighted by atomic mass is 35.5. The molecule has 0 aromatic heterocycles. The normalized spacial score (nSPS) is 10.5. The molecule has 0 fully saturated rings.